The smallest absolute Gasteiger partial charge is 0.137 e. The van der Waals surface area contributed by atoms with Gasteiger partial charge in [0.15, 0.2) is 0 Å². The molecule has 0 N–H and O–H groups in total. The van der Waals surface area contributed by atoms with Gasteiger partial charge in [-0.2, -0.15) is 0 Å². The van der Waals surface area contributed by atoms with Gasteiger partial charge in [-0.3, -0.25) is 4.57 Å². The van der Waals surface area contributed by atoms with Crippen LogP contribution < -0.4 is 14.5 Å². The Bertz CT molecular complexity index is 3170. The van der Waals surface area contributed by atoms with Crippen molar-refractivity contribution in [2.24, 2.45) is 0 Å². The average molecular weight is 837 g/mol. The number of pyridine rings is 1. The van der Waals surface area contributed by atoms with Crippen molar-refractivity contribution in [3.63, 3.8) is 0 Å². The van der Waals surface area contributed by atoms with E-state index in [0.717, 1.165) is 39.7 Å². The van der Waals surface area contributed by atoms with Crippen LogP contribution in [0.5, 0.6) is 11.5 Å². The van der Waals surface area contributed by atoms with Crippen LogP contribution in [0.2, 0.25) is 0 Å². The van der Waals surface area contributed by atoms with Crippen LogP contribution in [0.1, 0.15) is 77.6 Å². The Morgan fingerprint density at radius 1 is 0.469 bits per heavy atom. The van der Waals surface area contributed by atoms with Gasteiger partial charge in [-0.15, -0.1) is 0 Å². The van der Waals surface area contributed by atoms with E-state index in [9.17, 15) is 0 Å². The summed E-state index contributed by atoms with van der Waals surface area (Å²) in [7, 11) is 0. The molecule has 0 amide bonds. The third kappa shape index (κ3) is 7.39. The summed E-state index contributed by atoms with van der Waals surface area (Å²) in [6.07, 6.45) is 1.94. The average Bonchev–Trinajstić information content (AvgIpc) is 3.85. The number of rotatable bonds is 8. The van der Waals surface area contributed by atoms with Gasteiger partial charge >= 0.3 is 0 Å². The van der Waals surface area contributed by atoms with E-state index in [0.29, 0.717) is 6.67 Å². The standard InChI is InChI=1S/C59H56N4O/c1-57(2,3)43-30-31-60-55(35-43)63-51-27-16-15-26-49(51)56-50(59(7,8)42-22-13-10-14-23-42)37-48(38-54(56)63)64-47-25-19-24-45(36-47)61-39-62(53-29-18-17-28-52(53)61)46-33-41(40-20-11-9-12-21-40)32-44(34-46)58(4,5)6/h9-38H,39H2,1-8H3. The second kappa shape index (κ2) is 15.6. The van der Waals surface area contributed by atoms with E-state index in [-0.39, 0.29) is 16.2 Å². The molecule has 5 nitrogen and oxygen atoms in total. The topological polar surface area (TPSA) is 33.5 Å². The minimum absolute atomic E-state index is 0.0231. The second-order valence-electron chi connectivity index (χ2n) is 19.8. The minimum Gasteiger partial charge on any atom is -0.457 e. The maximum absolute atomic E-state index is 7.07. The molecule has 2 aromatic heterocycles. The van der Waals surface area contributed by atoms with Gasteiger partial charge in [-0.05, 0) is 105 Å². The summed E-state index contributed by atoms with van der Waals surface area (Å²) in [6, 6.07) is 63.4. The molecule has 0 atom stereocenters. The number of anilines is 4. The molecule has 3 heterocycles. The van der Waals surface area contributed by atoms with Crippen LogP contribution >= 0.6 is 0 Å². The molecule has 0 unspecified atom stereocenters. The van der Waals surface area contributed by atoms with E-state index < -0.39 is 0 Å². The Hall–Kier alpha value is -7.11. The van der Waals surface area contributed by atoms with Crippen molar-refractivity contribution in [2.75, 3.05) is 16.5 Å². The molecule has 0 saturated heterocycles. The van der Waals surface area contributed by atoms with Gasteiger partial charge in [0.05, 0.1) is 22.4 Å². The van der Waals surface area contributed by atoms with Crippen molar-refractivity contribution in [1.29, 1.82) is 0 Å². The van der Waals surface area contributed by atoms with E-state index in [1.165, 1.54) is 55.5 Å². The molecule has 0 aliphatic carbocycles. The van der Waals surface area contributed by atoms with Crippen LogP contribution in [-0.2, 0) is 16.2 Å². The van der Waals surface area contributed by atoms with Crippen LogP contribution in [0.4, 0.5) is 22.7 Å². The lowest BCUT2D eigenvalue weighted by molar-refractivity contribution is 0.481. The number of fused-ring (bicyclic) bond motifs is 4. The van der Waals surface area contributed by atoms with E-state index >= 15 is 0 Å². The van der Waals surface area contributed by atoms with Crippen molar-refractivity contribution >= 4 is 44.6 Å². The Kier molecular flexibility index (Phi) is 9.98. The highest BCUT2D eigenvalue weighted by molar-refractivity contribution is 6.12. The lowest BCUT2D eigenvalue weighted by Crippen LogP contribution is -2.24. The Morgan fingerprint density at radius 2 is 1.12 bits per heavy atom. The highest BCUT2D eigenvalue weighted by Crippen LogP contribution is 2.48. The molecule has 64 heavy (non-hydrogen) atoms. The molecular weight excluding hydrogens is 781 g/mol. The summed E-state index contributed by atoms with van der Waals surface area (Å²) in [5, 5.41) is 2.39. The molecule has 0 radical (unpaired) electrons. The Balaban J connectivity index is 1.08. The molecular formula is C59H56N4O. The summed E-state index contributed by atoms with van der Waals surface area (Å²) >= 11 is 0. The summed E-state index contributed by atoms with van der Waals surface area (Å²) < 4.78 is 9.39. The summed E-state index contributed by atoms with van der Waals surface area (Å²) in [5.74, 6) is 2.44. The minimum atomic E-state index is -0.357. The Morgan fingerprint density at radius 3 is 1.84 bits per heavy atom. The van der Waals surface area contributed by atoms with Gasteiger partial charge in [0.1, 0.15) is 24.0 Å². The number of benzene rings is 7. The number of hydrogen-bond donors (Lipinski definition) is 0. The lowest BCUT2D eigenvalue weighted by Gasteiger charge is -2.28. The fraction of sp³-hybridized carbons (Fsp3) is 0.203. The normalized spacial score (nSPS) is 13.2. The van der Waals surface area contributed by atoms with Crippen molar-refractivity contribution in [1.82, 2.24) is 9.55 Å². The molecule has 1 aliphatic heterocycles. The van der Waals surface area contributed by atoms with Crippen LogP contribution in [0.3, 0.4) is 0 Å². The predicted molar refractivity (Wildman–Crippen MR) is 269 cm³/mol. The summed E-state index contributed by atoms with van der Waals surface area (Å²) in [5.41, 5.74) is 13.7. The number of ether oxygens (including phenoxy) is 1. The molecule has 0 saturated carbocycles. The first-order chi connectivity index (χ1) is 30.7. The van der Waals surface area contributed by atoms with Crippen LogP contribution in [0.15, 0.2) is 182 Å². The van der Waals surface area contributed by atoms with Crippen molar-refractivity contribution in [3.8, 4) is 28.4 Å². The van der Waals surface area contributed by atoms with Gasteiger partial charge in [0.25, 0.3) is 0 Å². The van der Waals surface area contributed by atoms with Crippen molar-refractivity contribution in [2.45, 2.75) is 71.6 Å². The largest absolute Gasteiger partial charge is 0.457 e. The third-order valence-corrected chi connectivity index (χ3v) is 13.1. The first-order valence-corrected chi connectivity index (χ1v) is 22.5. The number of aromatic nitrogens is 2. The molecule has 318 valence electrons. The SMILES string of the molecule is CC(C)(C)c1cc(-c2ccccc2)cc(N2CN(c3cccc(Oc4cc(C(C)(C)c5ccccc5)c5c6ccccc6n(-c6cc(C(C)(C)C)ccn6)c5c4)c3)c3ccccc32)c1. The quantitative estimate of drug-likeness (QED) is 0.153. The first kappa shape index (κ1) is 40.9. The maximum atomic E-state index is 7.07. The number of para-hydroxylation sites is 3. The molecule has 1 aliphatic rings. The second-order valence-corrected chi connectivity index (χ2v) is 19.8. The molecule has 0 spiro atoms. The van der Waals surface area contributed by atoms with Crippen LogP contribution in [0.25, 0.3) is 38.8 Å². The van der Waals surface area contributed by atoms with Gasteiger partial charge in [-0.25, -0.2) is 4.98 Å². The van der Waals surface area contributed by atoms with E-state index in [1.54, 1.807) is 0 Å². The number of nitrogens with zero attached hydrogens (tertiary/aromatic N) is 4. The summed E-state index contributed by atoms with van der Waals surface area (Å²) in [4.78, 5) is 9.85. The van der Waals surface area contributed by atoms with Crippen LogP contribution in [0, 0.1) is 0 Å². The highest BCUT2D eigenvalue weighted by atomic mass is 16.5. The van der Waals surface area contributed by atoms with Gasteiger partial charge in [0, 0.05) is 45.9 Å². The van der Waals surface area contributed by atoms with E-state index in [4.69, 9.17) is 9.72 Å². The fourth-order valence-corrected chi connectivity index (χ4v) is 9.39. The zero-order valence-corrected chi connectivity index (χ0v) is 38.2. The zero-order chi connectivity index (χ0) is 44.4. The summed E-state index contributed by atoms with van der Waals surface area (Å²) in [6.45, 7) is 18.9. The molecule has 5 heteroatoms. The Labute approximate surface area is 378 Å². The molecule has 7 aromatic carbocycles. The van der Waals surface area contributed by atoms with Crippen molar-refractivity contribution in [3.05, 3.63) is 204 Å². The highest BCUT2D eigenvalue weighted by Gasteiger charge is 2.32. The first-order valence-electron chi connectivity index (χ1n) is 22.5. The predicted octanol–water partition coefficient (Wildman–Crippen LogP) is 15.8. The van der Waals surface area contributed by atoms with Crippen molar-refractivity contribution < 1.29 is 4.74 Å². The molecule has 9 aromatic rings. The number of hydrogen-bond acceptors (Lipinski definition) is 4. The molecule has 0 fully saturated rings. The maximum Gasteiger partial charge on any atom is 0.137 e. The third-order valence-electron chi connectivity index (χ3n) is 13.1. The van der Waals surface area contributed by atoms with Gasteiger partial charge < -0.3 is 14.5 Å². The van der Waals surface area contributed by atoms with Crippen LogP contribution in [-0.4, -0.2) is 16.2 Å². The lowest BCUT2D eigenvalue weighted by atomic mass is 9.76. The molecule has 10 rings (SSSR count). The van der Waals surface area contributed by atoms with E-state index in [1.807, 2.05) is 6.20 Å². The van der Waals surface area contributed by atoms with E-state index in [2.05, 4.69) is 246 Å². The van der Waals surface area contributed by atoms with Gasteiger partial charge in [-0.1, -0.05) is 159 Å². The van der Waals surface area contributed by atoms with Gasteiger partial charge in [0.2, 0.25) is 0 Å². The fourth-order valence-electron chi connectivity index (χ4n) is 9.39. The molecule has 0 bridgehead atoms. The monoisotopic (exact) mass is 836 g/mol. The zero-order valence-electron chi connectivity index (χ0n) is 38.2.